The van der Waals surface area contributed by atoms with E-state index in [4.69, 9.17) is 16.2 Å². The fourth-order valence-corrected chi connectivity index (χ4v) is 2.18. The molecule has 4 N–H and O–H groups in total. The molecule has 0 heterocycles. The Kier molecular flexibility index (Phi) is 3.20. The lowest BCUT2D eigenvalue weighted by atomic mass is 10.1. The summed E-state index contributed by atoms with van der Waals surface area (Å²) in [6, 6.07) is 18.4. The first kappa shape index (κ1) is 13.0. The molecule has 0 atom stereocenters. The largest absolute Gasteiger partial charge is 0.455 e. The van der Waals surface area contributed by atoms with Gasteiger partial charge in [-0.3, -0.25) is 4.79 Å². The van der Waals surface area contributed by atoms with Gasteiger partial charge in [-0.15, -0.1) is 0 Å². The van der Waals surface area contributed by atoms with Crippen LogP contribution < -0.4 is 16.2 Å². The van der Waals surface area contributed by atoms with E-state index in [1.54, 1.807) is 18.2 Å². The van der Waals surface area contributed by atoms with Gasteiger partial charge in [-0.2, -0.15) is 0 Å². The summed E-state index contributed by atoms with van der Waals surface area (Å²) in [5.41, 5.74) is 12.0. The maximum atomic E-state index is 11.3. The van der Waals surface area contributed by atoms with Crippen LogP contribution in [0.25, 0.3) is 10.8 Å². The zero-order valence-corrected chi connectivity index (χ0v) is 11.2. The fraction of sp³-hybridized carbons (Fsp3) is 0. The Morgan fingerprint density at radius 3 is 2.48 bits per heavy atom. The van der Waals surface area contributed by atoms with Crippen molar-refractivity contribution in [2.75, 3.05) is 5.73 Å². The van der Waals surface area contributed by atoms with Gasteiger partial charge in [-0.05, 0) is 29.7 Å². The average molecular weight is 278 g/mol. The normalized spacial score (nSPS) is 10.5. The minimum Gasteiger partial charge on any atom is -0.455 e. The third-order valence-electron chi connectivity index (χ3n) is 3.27. The van der Waals surface area contributed by atoms with Crippen LogP contribution in [0.2, 0.25) is 0 Å². The number of rotatable bonds is 3. The van der Waals surface area contributed by atoms with Gasteiger partial charge >= 0.3 is 0 Å². The van der Waals surface area contributed by atoms with Crippen molar-refractivity contribution >= 4 is 22.4 Å². The quantitative estimate of drug-likeness (QED) is 0.721. The fourth-order valence-electron chi connectivity index (χ4n) is 2.18. The minimum atomic E-state index is -0.516. The van der Waals surface area contributed by atoms with Crippen molar-refractivity contribution < 1.29 is 9.53 Å². The maximum absolute atomic E-state index is 11.3. The molecule has 4 heteroatoms. The number of hydrogen-bond donors (Lipinski definition) is 2. The highest BCUT2D eigenvalue weighted by Gasteiger charge is 2.09. The molecule has 104 valence electrons. The van der Waals surface area contributed by atoms with Crippen LogP contribution in [0.5, 0.6) is 11.5 Å². The molecule has 0 unspecified atom stereocenters. The van der Waals surface area contributed by atoms with Gasteiger partial charge in [0.05, 0.1) is 5.69 Å². The highest BCUT2D eigenvalue weighted by atomic mass is 16.5. The van der Waals surface area contributed by atoms with Crippen molar-refractivity contribution in [2.24, 2.45) is 5.73 Å². The Bertz CT molecular complexity index is 823. The summed E-state index contributed by atoms with van der Waals surface area (Å²) < 4.78 is 5.88. The molecular formula is C17H14N2O2. The van der Waals surface area contributed by atoms with Crippen LogP contribution in [0.15, 0.2) is 60.7 Å². The molecule has 0 saturated carbocycles. The number of nitrogen functional groups attached to an aromatic ring is 1. The Morgan fingerprint density at radius 1 is 0.905 bits per heavy atom. The summed E-state index contributed by atoms with van der Waals surface area (Å²) in [6.45, 7) is 0. The third-order valence-corrected chi connectivity index (χ3v) is 3.27. The van der Waals surface area contributed by atoms with E-state index in [0.29, 0.717) is 22.7 Å². The molecule has 1 amide bonds. The summed E-state index contributed by atoms with van der Waals surface area (Å²) >= 11 is 0. The lowest BCUT2D eigenvalue weighted by molar-refractivity contribution is 0.1000. The van der Waals surface area contributed by atoms with E-state index >= 15 is 0 Å². The zero-order chi connectivity index (χ0) is 14.8. The Morgan fingerprint density at radius 2 is 1.67 bits per heavy atom. The van der Waals surface area contributed by atoms with Crippen LogP contribution >= 0.6 is 0 Å². The van der Waals surface area contributed by atoms with Crippen molar-refractivity contribution in [1.29, 1.82) is 0 Å². The Balaban J connectivity index is 2.06. The first-order chi connectivity index (χ1) is 10.1. The van der Waals surface area contributed by atoms with Gasteiger partial charge in [-0.25, -0.2) is 0 Å². The van der Waals surface area contributed by atoms with Crippen LogP contribution in [0, 0.1) is 0 Å². The molecule has 0 bridgehead atoms. The van der Waals surface area contributed by atoms with E-state index in [1.165, 1.54) is 0 Å². The predicted molar refractivity (Wildman–Crippen MR) is 83.4 cm³/mol. The highest BCUT2D eigenvalue weighted by Crippen LogP contribution is 2.33. The lowest BCUT2D eigenvalue weighted by Crippen LogP contribution is -2.11. The van der Waals surface area contributed by atoms with E-state index < -0.39 is 5.91 Å². The van der Waals surface area contributed by atoms with Gasteiger partial charge in [0.25, 0.3) is 0 Å². The lowest BCUT2D eigenvalue weighted by Gasteiger charge is -2.11. The van der Waals surface area contributed by atoms with Crippen LogP contribution in [0.1, 0.15) is 10.4 Å². The van der Waals surface area contributed by atoms with E-state index in [1.807, 2.05) is 42.5 Å². The molecule has 21 heavy (non-hydrogen) atoms. The molecule has 3 aromatic carbocycles. The molecule has 0 aromatic heterocycles. The van der Waals surface area contributed by atoms with Crippen molar-refractivity contribution in [3.8, 4) is 11.5 Å². The van der Waals surface area contributed by atoms with Gasteiger partial charge in [-0.1, -0.05) is 36.4 Å². The number of anilines is 1. The number of carbonyl (C=O) groups is 1. The number of amides is 1. The van der Waals surface area contributed by atoms with Crippen LogP contribution in [-0.2, 0) is 0 Å². The monoisotopic (exact) mass is 278 g/mol. The van der Waals surface area contributed by atoms with Gasteiger partial charge in [0.2, 0.25) is 5.91 Å². The first-order valence-electron chi connectivity index (χ1n) is 6.50. The van der Waals surface area contributed by atoms with Gasteiger partial charge in [0, 0.05) is 10.9 Å². The molecule has 0 aliphatic heterocycles. The van der Waals surface area contributed by atoms with E-state index in [9.17, 15) is 4.79 Å². The van der Waals surface area contributed by atoms with Crippen molar-refractivity contribution in [3.05, 3.63) is 66.2 Å². The molecule has 0 spiro atoms. The number of primary amides is 1. The number of nitrogens with two attached hydrogens (primary N) is 2. The van der Waals surface area contributed by atoms with Gasteiger partial charge in [0.1, 0.15) is 5.75 Å². The van der Waals surface area contributed by atoms with Crippen LogP contribution in [-0.4, -0.2) is 5.91 Å². The molecular weight excluding hydrogens is 264 g/mol. The Hall–Kier alpha value is -3.01. The summed E-state index contributed by atoms with van der Waals surface area (Å²) in [7, 11) is 0. The number of carbonyl (C=O) groups excluding carboxylic acids is 1. The molecule has 0 aliphatic carbocycles. The van der Waals surface area contributed by atoms with E-state index in [-0.39, 0.29) is 0 Å². The van der Waals surface area contributed by atoms with Crippen molar-refractivity contribution in [3.63, 3.8) is 0 Å². The first-order valence-corrected chi connectivity index (χ1v) is 6.50. The van der Waals surface area contributed by atoms with Crippen LogP contribution in [0.3, 0.4) is 0 Å². The second kappa shape index (κ2) is 5.17. The third kappa shape index (κ3) is 2.51. The topological polar surface area (TPSA) is 78.3 Å². The summed E-state index contributed by atoms with van der Waals surface area (Å²) in [5.74, 6) is 0.585. The van der Waals surface area contributed by atoms with E-state index in [0.717, 1.165) is 10.8 Å². The molecule has 3 aromatic rings. The SMILES string of the molecule is NC(=O)c1ccc(N)c(Oc2cccc3ccccc23)c1. The number of hydrogen-bond acceptors (Lipinski definition) is 3. The Labute approximate surface area is 121 Å². The average Bonchev–Trinajstić information content (AvgIpc) is 2.49. The van der Waals surface area contributed by atoms with Crippen molar-refractivity contribution in [2.45, 2.75) is 0 Å². The summed E-state index contributed by atoms with van der Waals surface area (Å²) in [4.78, 5) is 11.3. The summed E-state index contributed by atoms with van der Waals surface area (Å²) in [6.07, 6.45) is 0. The minimum absolute atomic E-state index is 0.361. The number of fused-ring (bicyclic) bond motifs is 1. The molecule has 3 rings (SSSR count). The van der Waals surface area contributed by atoms with Crippen LogP contribution in [0.4, 0.5) is 5.69 Å². The van der Waals surface area contributed by atoms with Gasteiger partial charge < -0.3 is 16.2 Å². The van der Waals surface area contributed by atoms with E-state index in [2.05, 4.69) is 0 Å². The molecule has 0 fully saturated rings. The molecule has 0 aliphatic rings. The van der Waals surface area contributed by atoms with Crippen molar-refractivity contribution in [1.82, 2.24) is 0 Å². The zero-order valence-electron chi connectivity index (χ0n) is 11.2. The molecule has 0 saturated heterocycles. The maximum Gasteiger partial charge on any atom is 0.248 e. The number of benzene rings is 3. The smallest absolute Gasteiger partial charge is 0.248 e. The highest BCUT2D eigenvalue weighted by molar-refractivity contribution is 5.94. The molecule has 0 radical (unpaired) electrons. The predicted octanol–water partition coefficient (Wildman–Crippen LogP) is 3.31. The standard InChI is InChI=1S/C17H14N2O2/c18-14-9-8-12(17(19)20)10-16(14)21-15-7-3-5-11-4-1-2-6-13(11)15/h1-10H,18H2,(H2,19,20). The van der Waals surface area contributed by atoms with Gasteiger partial charge in [0.15, 0.2) is 5.75 Å². The molecule has 4 nitrogen and oxygen atoms in total. The number of ether oxygens (including phenoxy) is 1. The summed E-state index contributed by atoms with van der Waals surface area (Å²) in [5, 5.41) is 2.04. The second-order valence-corrected chi connectivity index (χ2v) is 4.70. The second-order valence-electron chi connectivity index (χ2n) is 4.70.